The van der Waals surface area contributed by atoms with Crippen molar-refractivity contribution < 1.29 is 9.59 Å². The van der Waals surface area contributed by atoms with Crippen molar-refractivity contribution >= 4 is 28.9 Å². The molecule has 0 aromatic heterocycles. The molecule has 0 radical (unpaired) electrons. The highest BCUT2D eigenvalue weighted by atomic mass is 16.2. The molecule has 130 valence electrons. The van der Waals surface area contributed by atoms with E-state index in [1.54, 1.807) is 48.5 Å². The molecule has 0 fully saturated rings. The lowest BCUT2D eigenvalue weighted by molar-refractivity contribution is 0.102. The second-order valence-electron chi connectivity index (χ2n) is 5.97. The molecule has 0 saturated carbocycles. The standard InChI is InChI=1S/C21H19N3O2/c1-14-2-10-18(11-3-14)23-21(26)16-6-12-19(13-7-16)24-20(25)15-4-8-17(22)9-5-15/h2-13H,22H2,1H3,(H,23,26)(H,24,25). The first-order valence-electron chi connectivity index (χ1n) is 8.16. The summed E-state index contributed by atoms with van der Waals surface area (Å²) in [5.41, 5.74) is 9.72. The fraction of sp³-hybridized carbons (Fsp3) is 0.0476. The van der Waals surface area contributed by atoms with Gasteiger partial charge in [0, 0.05) is 28.2 Å². The van der Waals surface area contributed by atoms with Gasteiger partial charge in [0.15, 0.2) is 0 Å². The number of aryl methyl sites for hydroxylation is 1. The fourth-order valence-corrected chi connectivity index (χ4v) is 2.38. The highest BCUT2D eigenvalue weighted by Gasteiger charge is 2.08. The van der Waals surface area contributed by atoms with Crippen LogP contribution in [0.1, 0.15) is 26.3 Å². The molecule has 0 bridgehead atoms. The third-order valence-corrected chi connectivity index (χ3v) is 3.89. The molecule has 0 aliphatic heterocycles. The number of nitrogen functional groups attached to an aromatic ring is 1. The van der Waals surface area contributed by atoms with Crippen molar-refractivity contribution in [3.05, 3.63) is 89.5 Å². The van der Waals surface area contributed by atoms with Crippen LogP contribution in [0.25, 0.3) is 0 Å². The maximum absolute atomic E-state index is 12.3. The Balaban J connectivity index is 1.64. The van der Waals surface area contributed by atoms with Crippen LogP contribution >= 0.6 is 0 Å². The average Bonchev–Trinajstić information content (AvgIpc) is 2.64. The van der Waals surface area contributed by atoms with Crippen molar-refractivity contribution in [2.45, 2.75) is 6.92 Å². The quantitative estimate of drug-likeness (QED) is 0.623. The number of amides is 2. The molecule has 3 aromatic carbocycles. The summed E-state index contributed by atoms with van der Waals surface area (Å²) in [5, 5.41) is 5.63. The molecule has 0 unspecified atom stereocenters. The number of nitrogens with two attached hydrogens (primary N) is 1. The Morgan fingerprint density at radius 1 is 0.654 bits per heavy atom. The number of rotatable bonds is 4. The van der Waals surface area contributed by atoms with Crippen LogP contribution in [-0.2, 0) is 0 Å². The second-order valence-corrected chi connectivity index (χ2v) is 5.97. The van der Waals surface area contributed by atoms with Gasteiger partial charge in [-0.25, -0.2) is 0 Å². The topological polar surface area (TPSA) is 84.2 Å². The maximum atomic E-state index is 12.3. The van der Waals surface area contributed by atoms with Gasteiger partial charge in [-0.3, -0.25) is 9.59 Å². The Hall–Kier alpha value is -3.60. The van der Waals surface area contributed by atoms with Crippen molar-refractivity contribution in [2.24, 2.45) is 0 Å². The molecular weight excluding hydrogens is 326 g/mol. The second kappa shape index (κ2) is 7.53. The van der Waals surface area contributed by atoms with E-state index in [1.807, 2.05) is 31.2 Å². The predicted molar refractivity (Wildman–Crippen MR) is 104 cm³/mol. The molecule has 5 heteroatoms. The van der Waals surface area contributed by atoms with Gasteiger partial charge in [0.2, 0.25) is 0 Å². The zero-order valence-corrected chi connectivity index (χ0v) is 14.3. The lowest BCUT2D eigenvalue weighted by Gasteiger charge is -2.08. The van der Waals surface area contributed by atoms with Crippen LogP contribution in [0.5, 0.6) is 0 Å². The van der Waals surface area contributed by atoms with Crippen LogP contribution in [-0.4, -0.2) is 11.8 Å². The van der Waals surface area contributed by atoms with Gasteiger partial charge in [-0.05, 0) is 67.6 Å². The van der Waals surface area contributed by atoms with E-state index in [9.17, 15) is 9.59 Å². The van der Waals surface area contributed by atoms with Crippen molar-refractivity contribution in [1.82, 2.24) is 0 Å². The minimum atomic E-state index is -0.234. The van der Waals surface area contributed by atoms with E-state index >= 15 is 0 Å². The third-order valence-electron chi connectivity index (χ3n) is 3.89. The molecule has 0 aliphatic carbocycles. The Kier molecular flexibility index (Phi) is 4.99. The summed E-state index contributed by atoms with van der Waals surface area (Å²) in [6, 6.07) is 21.0. The minimum absolute atomic E-state index is 0.203. The largest absolute Gasteiger partial charge is 0.399 e. The zero-order valence-electron chi connectivity index (χ0n) is 14.3. The van der Waals surface area contributed by atoms with Gasteiger partial charge in [-0.1, -0.05) is 17.7 Å². The fourth-order valence-electron chi connectivity index (χ4n) is 2.38. The number of nitrogens with one attached hydrogen (secondary N) is 2. The molecule has 5 nitrogen and oxygen atoms in total. The Morgan fingerprint density at radius 2 is 1.04 bits per heavy atom. The van der Waals surface area contributed by atoms with Crippen LogP contribution in [0.3, 0.4) is 0 Å². The molecule has 2 amide bonds. The van der Waals surface area contributed by atoms with Crippen molar-refractivity contribution in [1.29, 1.82) is 0 Å². The first-order valence-corrected chi connectivity index (χ1v) is 8.16. The normalized spacial score (nSPS) is 10.2. The summed E-state index contributed by atoms with van der Waals surface area (Å²) < 4.78 is 0. The summed E-state index contributed by atoms with van der Waals surface area (Å²) in [4.78, 5) is 24.5. The van der Waals surface area contributed by atoms with E-state index in [2.05, 4.69) is 10.6 Å². The zero-order chi connectivity index (χ0) is 18.5. The summed E-state index contributed by atoms with van der Waals surface area (Å²) in [6.45, 7) is 1.99. The molecule has 4 N–H and O–H groups in total. The van der Waals surface area contributed by atoms with Gasteiger partial charge in [0.1, 0.15) is 0 Å². The first-order chi connectivity index (χ1) is 12.5. The maximum Gasteiger partial charge on any atom is 0.255 e. The van der Waals surface area contributed by atoms with Crippen LogP contribution in [0, 0.1) is 6.92 Å². The number of hydrogen-bond acceptors (Lipinski definition) is 3. The molecule has 0 spiro atoms. The van der Waals surface area contributed by atoms with Gasteiger partial charge in [0.05, 0.1) is 0 Å². The monoisotopic (exact) mass is 345 g/mol. The van der Waals surface area contributed by atoms with Crippen LogP contribution in [0.4, 0.5) is 17.1 Å². The predicted octanol–water partition coefficient (Wildman–Crippen LogP) is 4.08. The molecule has 0 atom stereocenters. The summed E-state index contributed by atoms with van der Waals surface area (Å²) in [5.74, 6) is -0.438. The number of carbonyl (C=O) groups is 2. The lowest BCUT2D eigenvalue weighted by Crippen LogP contribution is -2.13. The highest BCUT2D eigenvalue weighted by Crippen LogP contribution is 2.15. The molecule has 3 aromatic rings. The van der Waals surface area contributed by atoms with E-state index < -0.39 is 0 Å². The van der Waals surface area contributed by atoms with E-state index in [4.69, 9.17) is 5.73 Å². The summed E-state index contributed by atoms with van der Waals surface area (Å²) in [6.07, 6.45) is 0. The summed E-state index contributed by atoms with van der Waals surface area (Å²) >= 11 is 0. The van der Waals surface area contributed by atoms with Gasteiger partial charge in [-0.2, -0.15) is 0 Å². The molecule has 26 heavy (non-hydrogen) atoms. The van der Waals surface area contributed by atoms with Gasteiger partial charge in [-0.15, -0.1) is 0 Å². The van der Waals surface area contributed by atoms with Crippen molar-refractivity contribution in [2.75, 3.05) is 16.4 Å². The van der Waals surface area contributed by atoms with E-state index in [0.29, 0.717) is 22.5 Å². The molecular formula is C21H19N3O2. The average molecular weight is 345 g/mol. The van der Waals surface area contributed by atoms with Gasteiger partial charge in [0.25, 0.3) is 11.8 Å². The van der Waals surface area contributed by atoms with Crippen LogP contribution in [0.2, 0.25) is 0 Å². The third kappa shape index (κ3) is 4.27. The SMILES string of the molecule is Cc1ccc(NC(=O)c2ccc(NC(=O)c3ccc(N)cc3)cc2)cc1. The summed E-state index contributed by atoms with van der Waals surface area (Å²) in [7, 11) is 0. The smallest absolute Gasteiger partial charge is 0.255 e. The first kappa shape index (κ1) is 17.2. The Bertz CT molecular complexity index is 915. The van der Waals surface area contributed by atoms with Gasteiger partial charge >= 0.3 is 0 Å². The number of carbonyl (C=O) groups excluding carboxylic acids is 2. The van der Waals surface area contributed by atoms with Gasteiger partial charge < -0.3 is 16.4 Å². The van der Waals surface area contributed by atoms with E-state index in [1.165, 1.54) is 0 Å². The minimum Gasteiger partial charge on any atom is -0.399 e. The number of benzene rings is 3. The number of hydrogen-bond donors (Lipinski definition) is 3. The molecule has 0 aliphatic rings. The van der Waals surface area contributed by atoms with Crippen LogP contribution in [0.15, 0.2) is 72.8 Å². The lowest BCUT2D eigenvalue weighted by atomic mass is 10.1. The molecule has 0 saturated heterocycles. The molecule has 0 heterocycles. The number of anilines is 3. The van der Waals surface area contributed by atoms with Crippen molar-refractivity contribution in [3.63, 3.8) is 0 Å². The van der Waals surface area contributed by atoms with E-state index in [-0.39, 0.29) is 11.8 Å². The van der Waals surface area contributed by atoms with Crippen molar-refractivity contribution in [3.8, 4) is 0 Å². The van der Waals surface area contributed by atoms with E-state index in [0.717, 1.165) is 11.3 Å². The molecule has 3 rings (SSSR count). The Morgan fingerprint density at radius 3 is 1.50 bits per heavy atom. The van der Waals surface area contributed by atoms with Crippen LogP contribution < -0.4 is 16.4 Å². The Labute approximate surface area is 151 Å². The highest BCUT2D eigenvalue weighted by molar-refractivity contribution is 6.06.